The van der Waals surface area contributed by atoms with Gasteiger partial charge in [-0.2, -0.15) is 0 Å². The lowest BCUT2D eigenvalue weighted by molar-refractivity contribution is -0.133. The number of carbonyl (C=O) groups is 2. The van der Waals surface area contributed by atoms with Gasteiger partial charge in [0.2, 0.25) is 5.91 Å². The van der Waals surface area contributed by atoms with E-state index in [9.17, 15) is 14.7 Å². The van der Waals surface area contributed by atoms with Crippen molar-refractivity contribution >= 4 is 17.6 Å². The Balaban J connectivity index is 1.76. The highest BCUT2D eigenvalue weighted by molar-refractivity contribution is 5.91. The lowest BCUT2D eigenvalue weighted by Crippen LogP contribution is -2.59. The van der Waals surface area contributed by atoms with E-state index in [0.717, 1.165) is 30.5 Å². The number of piperidine rings is 1. The molecular formula is C25H39N3O3. The first kappa shape index (κ1) is 23.6. The Kier molecular flexibility index (Phi) is 7.63. The van der Waals surface area contributed by atoms with E-state index in [1.807, 2.05) is 31.2 Å². The summed E-state index contributed by atoms with van der Waals surface area (Å²) in [5.41, 5.74) is 1.84. The monoisotopic (exact) mass is 429 g/mol. The van der Waals surface area contributed by atoms with E-state index in [-0.39, 0.29) is 49.0 Å². The first-order valence-corrected chi connectivity index (χ1v) is 11.8. The maximum absolute atomic E-state index is 13.2. The van der Waals surface area contributed by atoms with E-state index in [1.165, 1.54) is 0 Å². The van der Waals surface area contributed by atoms with Gasteiger partial charge >= 0.3 is 6.03 Å². The predicted molar refractivity (Wildman–Crippen MR) is 124 cm³/mol. The topological polar surface area (TPSA) is 81.7 Å². The number of nitrogens with zero attached hydrogens (tertiary/aromatic N) is 1. The summed E-state index contributed by atoms with van der Waals surface area (Å²) in [4.78, 5) is 27.9. The van der Waals surface area contributed by atoms with Crippen LogP contribution in [0, 0.1) is 23.7 Å². The Bertz CT molecular complexity index is 781. The molecule has 1 saturated carbocycles. The third-order valence-corrected chi connectivity index (χ3v) is 7.30. The van der Waals surface area contributed by atoms with Gasteiger partial charge in [0.15, 0.2) is 0 Å². The molecule has 0 bridgehead atoms. The molecule has 172 valence electrons. The Morgan fingerprint density at radius 1 is 1.19 bits per heavy atom. The molecule has 6 atom stereocenters. The van der Waals surface area contributed by atoms with Crippen molar-refractivity contribution in [1.29, 1.82) is 0 Å². The number of fused-ring (bicyclic) bond motifs is 1. The summed E-state index contributed by atoms with van der Waals surface area (Å²) >= 11 is 0. The van der Waals surface area contributed by atoms with Crippen LogP contribution >= 0.6 is 0 Å². The van der Waals surface area contributed by atoms with Crippen LogP contribution in [0.25, 0.3) is 0 Å². The van der Waals surface area contributed by atoms with Gasteiger partial charge in [-0.1, -0.05) is 45.9 Å². The molecule has 1 aliphatic heterocycles. The Morgan fingerprint density at radius 3 is 2.58 bits per heavy atom. The molecule has 2 aliphatic rings. The number of aliphatic hydroxyl groups is 1. The van der Waals surface area contributed by atoms with Gasteiger partial charge in [-0.3, -0.25) is 4.79 Å². The lowest BCUT2D eigenvalue weighted by atomic mass is 9.67. The highest BCUT2D eigenvalue weighted by Gasteiger charge is 2.44. The average molecular weight is 430 g/mol. The molecule has 1 aliphatic carbocycles. The molecule has 2 fully saturated rings. The molecule has 31 heavy (non-hydrogen) atoms. The largest absolute Gasteiger partial charge is 0.395 e. The quantitative estimate of drug-likeness (QED) is 0.633. The van der Waals surface area contributed by atoms with Crippen LogP contribution in [0.5, 0.6) is 0 Å². The lowest BCUT2D eigenvalue weighted by Gasteiger charge is -2.47. The first-order chi connectivity index (χ1) is 14.7. The number of para-hydroxylation sites is 1. The maximum Gasteiger partial charge on any atom is 0.322 e. The van der Waals surface area contributed by atoms with Crippen LogP contribution in [0.15, 0.2) is 24.3 Å². The van der Waals surface area contributed by atoms with Crippen LogP contribution in [-0.4, -0.2) is 47.2 Å². The van der Waals surface area contributed by atoms with Crippen LogP contribution < -0.4 is 10.6 Å². The van der Waals surface area contributed by atoms with Gasteiger partial charge in [-0.15, -0.1) is 0 Å². The van der Waals surface area contributed by atoms with Gasteiger partial charge in [-0.25, -0.2) is 4.79 Å². The van der Waals surface area contributed by atoms with E-state index >= 15 is 0 Å². The van der Waals surface area contributed by atoms with Gasteiger partial charge in [0.1, 0.15) is 0 Å². The number of nitrogens with one attached hydrogen (secondary N) is 2. The molecule has 6 unspecified atom stereocenters. The SMILES string of the molecule is CC1CC(C)C2NC(=O)C(C(C)N(CCO)C(=O)Nc3ccccc3C(C)C)CC2C1. The summed E-state index contributed by atoms with van der Waals surface area (Å²) < 4.78 is 0. The van der Waals surface area contributed by atoms with Gasteiger partial charge in [0, 0.05) is 24.3 Å². The van der Waals surface area contributed by atoms with Crippen molar-refractivity contribution < 1.29 is 14.7 Å². The summed E-state index contributed by atoms with van der Waals surface area (Å²) in [6.07, 6.45) is 3.06. The molecule has 0 aromatic heterocycles. The van der Waals surface area contributed by atoms with Crippen molar-refractivity contribution in [1.82, 2.24) is 10.2 Å². The fourth-order valence-electron chi connectivity index (χ4n) is 5.75. The van der Waals surface area contributed by atoms with E-state index in [0.29, 0.717) is 17.8 Å². The molecule has 3 N–H and O–H groups in total. The third kappa shape index (κ3) is 5.22. The number of carbonyl (C=O) groups excluding carboxylic acids is 2. The number of hydrogen-bond donors (Lipinski definition) is 3. The van der Waals surface area contributed by atoms with Crippen molar-refractivity contribution in [3.63, 3.8) is 0 Å². The van der Waals surface area contributed by atoms with Crippen LogP contribution in [-0.2, 0) is 4.79 Å². The normalized spacial score (nSPS) is 29.1. The van der Waals surface area contributed by atoms with E-state index in [4.69, 9.17) is 0 Å². The fourth-order valence-corrected chi connectivity index (χ4v) is 5.75. The van der Waals surface area contributed by atoms with Crippen LogP contribution in [0.2, 0.25) is 0 Å². The summed E-state index contributed by atoms with van der Waals surface area (Å²) in [7, 11) is 0. The van der Waals surface area contributed by atoms with Gasteiger partial charge < -0.3 is 20.6 Å². The van der Waals surface area contributed by atoms with Crippen molar-refractivity contribution in [3.05, 3.63) is 29.8 Å². The van der Waals surface area contributed by atoms with Crippen molar-refractivity contribution in [2.45, 2.75) is 71.9 Å². The zero-order chi connectivity index (χ0) is 22.7. The van der Waals surface area contributed by atoms with Gasteiger partial charge in [-0.05, 0) is 61.5 Å². The first-order valence-electron chi connectivity index (χ1n) is 11.8. The number of amides is 3. The molecule has 1 aromatic carbocycles. The van der Waals surface area contributed by atoms with E-state index < -0.39 is 0 Å². The van der Waals surface area contributed by atoms with Crippen LogP contribution in [0.4, 0.5) is 10.5 Å². The van der Waals surface area contributed by atoms with Crippen molar-refractivity contribution in [3.8, 4) is 0 Å². The number of anilines is 1. The highest BCUT2D eigenvalue weighted by Crippen LogP contribution is 2.40. The predicted octanol–water partition coefficient (Wildman–Crippen LogP) is 4.21. The zero-order valence-electron chi connectivity index (χ0n) is 19.6. The molecule has 6 nitrogen and oxygen atoms in total. The number of hydrogen-bond acceptors (Lipinski definition) is 3. The smallest absolute Gasteiger partial charge is 0.322 e. The minimum Gasteiger partial charge on any atom is -0.395 e. The molecule has 0 spiro atoms. The summed E-state index contributed by atoms with van der Waals surface area (Å²) in [5.74, 6) is 1.64. The Labute approximate surface area is 186 Å². The third-order valence-electron chi connectivity index (χ3n) is 7.30. The Morgan fingerprint density at radius 2 is 1.90 bits per heavy atom. The standard InChI is InChI=1S/C25H39N3O3/c1-15(2)20-8-6-7-9-22(20)26-25(31)28(10-11-29)18(5)21-14-19-13-16(3)12-17(4)23(19)27-24(21)30/h6-9,15-19,21,23,29H,10-14H2,1-5H3,(H,26,31)(H,27,30). The number of benzene rings is 1. The molecule has 0 radical (unpaired) electrons. The molecule has 6 heteroatoms. The summed E-state index contributed by atoms with van der Waals surface area (Å²) in [5, 5.41) is 15.9. The molecule has 1 heterocycles. The fraction of sp³-hybridized carbons (Fsp3) is 0.680. The second-order valence-corrected chi connectivity index (χ2v) is 10.0. The second kappa shape index (κ2) is 10.0. The minimum atomic E-state index is -0.299. The average Bonchev–Trinajstić information content (AvgIpc) is 2.71. The number of rotatable bonds is 6. The number of urea groups is 1. The molecule has 3 amide bonds. The van der Waals surface area contributed by atoms with Gasteiger partial charge in [0.25, 0.3) is 0 Å². The zero-order valence-corrected chi connectivity index (χ0v) is 19.6. The highest BCUT2D eigenvalue weighted by atomic mass is 16.3. The number of aliphatic hydroxyl groups excluding tert-OH is 1. The Hall–Kier alpha value is -2.08. The van der Waals surface area contributed by atoms with Crippen LogP contribution in [0.3, 0.4) is 0 Å². The molecule has 3 rings (SSSR count). The molecular weight excluding hydrogens is 390 g/mol. The summed E-state index contributed by atoms with van der Waals surface area (Å²) in [6, 6.07) is 7.46. The van der Waals surface area contributed by atoms with E-state index in [2.05, 4.69) is 38.3 Å². The van der Waals surface area contributed by atoms with Gasteiger partial charge in [0.05, 0.1) is 12.5 Å². The maximum atomic E-state index is 13.2. The molecule has 1 aromatic rings. The van der Waals surface area contributed by atoms with Crippen molar-refractivity contribution in [2.75, 3.05) is 18.5 Å². The second-order valence-electron chi connectivity index (χ2n) is 10.0. The van der Waals surface area contributed by atoms with E-state index in [1.54, 1.807) is 4.90 Å². The summed E-state index contributed by atoms with van der Waals surface area (Å²) in [6.45, 7) is 10.7. The molecule has 1 saturated heterocycles. The van der Waals surface area contributed by atoms with Crippen molar-refractivity contribution in [2.24, 2.45) is 23.7 Å². The minimum absolute atomic E-state index is 0.0356. The van der Waals surface area contributed by atoms with Crippen LogP contribution in [0.1, 0.15) is 65.4 Å².